The van der Waals surface area contributed by atoms with Crippen LogP contribution in [0.2, 0.25) is 0 Å². The number of ether oxygens (including phenoxy) is 1. The van der Waals surface area contributed by atoms with Crippen molar-refractivity contribution in [2.24, 2.45) is 11.8 Å². The van der Waals surface area contributed by atoms with Crippen molar-refractivity contribution in [1.29, 1.82) is 0 Å². The molecule has 0 aliphatic carbocycles. The lowest BCUT2D eigenvalue weighted by atomic mass is 9.88. The Morgan fingerprint density at radius 2 is 1.93 bits per heavy atom. The number of hydrogen-bond acceptors (Lipinski definition) is 7. The van der Waals surface area contributed by atoms with Crippen LogP contribution in [0.15, 0.2) is 0 Å². The predicted molar refractivity (Wildman–Crippen MR) is 111 cm³/mol. The van der Waals surface area contributed by atoms with E-state index in [9.17, 15) is 20.1 Å². The molecule has 2 aliphatic heterocycles. The molecular weight excluding hydrogens is 380 g/mol. The minimum Gasteiger partial charge on any atom is -0.388 e. The van der Waals surface area contributed by atoms with E-state index in [4.69, 9.17) is 4.74 Å². The molecule has 0 aromatic rings. The van der Waals surface area contributed by atoms with Gasteiger partial charge in [0.25, 0.3) is 0 Å². The van der Waals surface area contributed by atoms with Gasteiger partial charge in [-0.2, -0.15) is 0 Å². The van der Waals surface area contributed by atoms with Crippen LogP contribution in [0.1, 0.15) is 52.9 Å². The zero-order valence-electron chi connectivity index (χ0n) is 17.5. The Kier molecular flexibility index (Phi) is 9.50. The molecule has 0 spiro atoms. The van der Waals surface area contributed by atoms with Gasteiger partial charge in [0.05, 0.1) is 12.1 Å². The third-order valence-corrected chi connectivity index (χ3v) is 6.83. The smallest absolute Gasteiger partial charge is 0.237 e. The lowest BCUT2D eigenvalue weighted by molar-refractivity contribution is -0.208. The largest absolute Gasteiger partial charge is 0.388 e. The number of carbonyl (C=O) groups excluding carboxylic acids is 1. The molecule has 2 saturated heterocycles. The highest BCUT2D eigenvalue weighted by molar-refractivity contribution is 7.99. The second-order valence-electron chi connectivity index (χ2n) is 8.51. The number of carbonyl (C=O) groups is 1. The van der Waals surface area contributed by atoms with Crippen LogP contribution in [-0.2, 0) is 9.53 Å². The van der Waals surface area contributed by atoms with Crippen molar-refractivity contribution in [3.8, 4) is 0 Å². The van der Waals surface area contributed by atoms with Gasteiger partial charge in [-0.3, -0.25) is 4.79 Å². The summed E-state index contributed by atoms with van der Waals surface area (Å²) in [6, 6.07) is -0.694. The number of nitrogens with one attached hydrogen (secondary N) is 2. The Balaban J connectivity index is 1.98. The summed E-state index contributed by atoms with van der Waals surface area (Å²) in [4.78, 5) is 12.9. The third-order valence-electron chi connectivity index (χ3n) is 5.97. The van der Waals surface area contributed by atoms with Crippen molar-refractivity contribution in [1.82, 2.24) is 10.6 Å². The van der Waals surface area contributed by atoms with Crippen molar-refractivity contribution < 1.29 is 24.9 Å². The van der Waals surface area contributed by atoms with Gasteiger partial charge in [0, 0.05) is 0 Å². The SMILES string of the molecule is CCCCC[C@H]1CN[C@H](C(=O)N[C@H](C(C)C)[C@H]2O[C@H](SC)[C@H](O)[C@@H](O)[C@H]2O)C1. The normalized spacial score (nSPS) is 37.2. The van der Waals surface area contributed by atoms with Crippen LogP contribution in [0.4, 0.5) is 0 Å². The maximum absolute atomic E-state index is 12.9. The number of aliphatic hydroxyl groups excluding tert-OH is 3. The van der Waals surface area contributed by atoms with Gasteiger partial charge in [0.1, 0.15) is 29.9 Å². The van der Waals surface area contributed by atoms with Crippen LogP contribution in [0, 0.1) is 11.8 Å². The quantitative estimate of drug-likeness (QED) is 0.353. The van der Waals surface area contributed by atoms with Gasteiger partial charge in [-0.1, -0.05) is 40.0 Å². The molecule has 2 fully saturated rings. The second kappa shape index (κ2) is 11.1. The molecule has 5 N–H and O–H groups in total. The first-order valence-corrected chi connectivity index (χ1v) is 11.8. The van der Waals surface area contributed by atoms with E-state index in [0.29, 0.717) is 5.92 Å². The summed E-state index contributed by atoms with van der Waals surface area (Å²) in [6.45, 7) is 6.94. The van der Waals surface area contributed by atoms with Gasteiger partial charge in [-0.25, -0.2) is 0 Å². The summed E-state index contributed by atoms with van der Waals surface area (Å²) in [7, 11) is 0. The molecule has 2 heterocycles. The van der Waals surface area contributed by atoms with Gasteiger partial charge in [0.15, 0.2) is 0 Å². The van der Waals surface area contributed by atoms with Crippen molar-refractivity contribution in [2.45, 2.75) is 94.8 Å². The molecule has 0 aromatic heterocycles. The topological polar surface area (TPSA) is 111 Å². The Labute approximate surface area is 173 Å². The summed E-state index contributed by atoms with van der Waals surface area (Å²) in [5, 5.41) is 37.1. The zero-order chi connectivity index (χ0) is 20.8. The summed E-state index contributed by atoms with van der Waals surface area (Å²) in [5.41, 5.74) is -0.644. The maximum atomic E-state index is 12.9. The van der Waals surface area contributed by atoms with E-state index >= 15 is 0 Å². The zero-order valence-corrected chi connectivity index (χ0v) is 18.3. The number of hydrogen-bond donors (Lipinski definition) is 5. The Morgan fingerprint density at radius 1 is 1.21 bits per heavy atom. The predicted octanol–water partition coefficient (Wildman–Crippen LogP) is 0.856. The molecule has 28 heavy (non-hydrogen) atoms. The standard InChI is InChI=1S/C20H38N2O5S/c1-5-6-7-8-12-9-13(21-10-12)19(26)22-14(11(2)3)18-16(24)15(23)17(25)20(27-18)28-4/h11-18,20-21,23-25H,5-10H2,1-4H3,(H,22,26)/t12-,13+,14-,15+,16-,17-,18-,20-/m1/s1. The average Bonchev–Trinajstić information content (AvgIpc) is 3.14. The number of unbranched alkanes of at least 4 members (excludes halogenated alkanes) is 2. The second-order valence-corrected chi connectivity index (χ2v) is 9.45. The molecule has 164 valence electrons. The fourth-order valence-corrected chi connectivity index (χ4v) is 4.85. The van der Waals surface area contributed by atoms with E-state index in [1.165, 1.54) is 31.0 Å². The molecule has 0 saturated carbocycles. The fraction of sp³-hybridized carbons (Fsp3) is 0.950. The van der Waals surface area contributed by atoms with Crippen LogP contribution in [0.3, 0.4) is 0 Å². The van der Waals surface area contributed by atoms with E-state index in [2.05, 4.69) is 17.6 Å². The summed E-state index contributed by atoms with van der Waals surface area (Å²) >= 11 is 1.28. The van der Waals surface area contributed by atoms with Crippen LogP contribution in [-0.4, -0.2) is 76.0 Å². The highest BCUT2D eigenvalue weighted by Crippen LogP contribution is 2.30. The van der Waals surface area contributed by atoms with Gasteiger partial charge in [-0.05, 0) is 37.5 Å². The van der Waals surface area contributed by atoms with E-state index in [1.807, 2.05) is 13.8 Å². The van der Waals surface area contributed by atoms with Crippen molar-refractivity contribution in [3.63, 3.8) is 0 Å². The number of thioether (sulfide) groups is 1. The molecule has 1 amide bonds. The summed E-state index contributed by atoms with van der Waals surface area (Å²) in [5.74, 6) is 0.429. The number of aliphatic hydroxyl groups is 3. The first-order valence-electron chi connectivity index (χ1n) is 10.6. The third kappa shape index (κ3) is 5.83. The van der Waals surface area contributed by atoms with Crippen molar-refractivity contribution in [2.75, 3.05) is 12.8 Å². The van der Waals surface area contributed by atoms with Crippen LogP contribution < -0.4 is 10.6 Å². The van der Waals surface area contributed by atoms with E-state index < -0.39 is 35.9 Å². The first kappa shape index (κ1) is 23.9. The van der Waals surface area contributed by atoms with Gasteiger partial charge < -0.3 is 30.7 Å². The minimum absolute atomic E-state index is 0.00435. The molecular formula is C20H38N2O5S. The van der Waals surface area contributed by atoms with Crippen LogP contribution in [0.5, 0.6) is 0 Å². The molecule has 0 bridgehead atoms. The molecule has 2 aliphatic rings. The van der Waals surface area contributed by atoms with E-state index in [0.717, 1.165) is 19.4 Å². The summed E-state index contributed by atoms with van der Waals surface area (Å²) in [6.07, 6.45) is 2.86. The monoisotopic (exact) mass is 418 g/mol. The van der Waals surface area contributed by atoms with Gasteiger partial charge in [0.2, 0.25) is 5.91 Å². The van der Waals surface area contributed by atoms with Crippen LogP contribution >= 0.6 is 11.8 Å². The summed E-state index contributed by atoms with van der Waals surface area (Å²) < 4.78 is 5.87. The number of amides is 1. The minimum atomic E-state index is -1.30. The number of rotatable bonds is 9. The molecule has 0 aromatic carbocycles. The van der Waals surface area contributed by atoms with E-state index in [1.54, 1.807) is 6.26 Å². The maximum Gasteiger partial charge on any atom is 0.237 e. The highest BCUT2D eigenvalue weighted by Gasteiger charge is 2.47. The van der Waals surface area contributed by atoms with E-state index in [-0.39, 0.29) is 17.9 Å². The molecule has 2 rings (SSSR count). The first-order chi connectivity index (χ1) is 13.3. The molecule has 0 radical (unpaired) electrons. The molecule has 0 unspecified atom stereocenters. The fourth-order valence-electron chi connectivity index (χ4n) is 4.17. The van der Waals surface area contributed by atoms with Gasteiger partial charge in [-0.15, -0.1) is 11.8 Å². The Bertz CT molecular complexity index is 493. The lowest BCUT2D eigenvalue weighted by Gasteiger charge is -2.44. The molecule has 8 atom stereocenters. The Morgan fingerprint density at radius 3 is 2.54 bits per heavy atom. The molecule has 8 heteroatoms. The highest BCUT2D eigenvalue weighted by atomic mass is 32.2. The van der Waals surface area contributed by atoms with Crippen molar-refractivity contribution in [3.05, 3.63) is 0 Å². The lowest BCUT2D eigenvalue weighted by Crippen LogP contribution is -2.64. The Hall–Kier alpha value is -0.380. The average molecular weight is 419 g/mol. The van der Waals surface area contributed by atoms with Gasteiger partial charge >= 0.3 is 0 Å². The molecule has 7 nitrogen and oxygen atoms in total. The van der Waals surface area contributed by atoms with Crippen LogP contribution in [0.25, 0.3) is 0 Å². The van der Waals surface area contributed by atoms with Crippen molar-refractivity contribution >= 4 is 17.7 Å².